The third-order valence-corrected chi connectivity index (χ3v) is 4.02. The molecule has 0 aromatic rings. The van der Waals surface area contributed by atoms with E-state index in [2.05, 4.69) is 20.8 Å². The van der Waals surface area contributed by atoms with Gasteiger partial charge in [-0.25, -0.2) is 0 Å². The molecule has 1 saturated carbocycles. The molecule has 0 saturated heterocycles. The summed E-state index contributed by atoms with van der Waals surface area (Å²) in [6, 6.07) is 0. The molecule has 0 bridgehead atoms. The van der Waals surface area contributed by atoms with Gasteiger partial charge in [-0.15, -0.1) is 0 Å². The Morgan fingerprint density at radius 1 is 1.29 bits per heavy atom. The van der Waals surface area contributed by atoms with Crippen molar-refractivity contribution in [2.24, 2.45) is 23.0 Å². The van der Waals surface area contributed by atoms with Gasteiger partial charge in [0.05, 0.1) is 0 Å². The van der Waals surface area contributed by atoms with Crippen LogP contribution in [0.4, 0.5) is 0 Å². The van der Waals surface area contributed by atoms with Crippen molar-refractivity contribution in [2.45, 2.75) is 59.3 Å². The van der Waals surface area contributed by atoms with Crippen molar-refractivity contribution in [1.29, 1.82) is 0 Å². The average Bonchev–Trinajstić information content (AvgIpc) is 2.18. The molecule has 84 valence electrons. The van der Waals surface area contributed by atoms with Gasteiger partial charge in [0, 0.05) is 0 Å². The molecule has 0 unspecified atom stereocenters. The van der Waals surface area contributed by atoms with E-state index in [1.165, 1.54) is 38.5 Å². The van der Waals surface area contributed by atoms with E-state index in [0.29, 0.717) is 5.41 Å². The predicted octanol–water partition coefficient (Wildman–Crippen LogP) is 3.58. The van der Waals surface area contributed by atoms with Gasteiger partial charge in [0.1, 0.15) is 0 Å². The van der Waals surface area contributed by atoms with Gasteiger partial charge < -0.3 is 5.73 Å². The van der Waals surface area contributed by atoms with Gasteiger partial charge in [-0.3, -0.25) is 0 Å². The van der Waals surface area contributed by atoms with Crippen LogP contribution in [0, 0.1) is 17.3 Å². The summed E-state index contributed by atoms with van der Waals surface area (Å²) in [5.74, 6) is 1.77. The summed E-state index contributed by atoms with van der Waals surface area (Å²) in [7, 11) is 0. The fourth-order valence-electron chi connectivity index (χ4n) is 2.53. The Bertz CT molecular complexity index is 155. The van der Waals surface area contributed by atoms with E-state index in [1.807, 2.05) is 0 Å². The molecule has 1 rings (SSSR count). The Labute approximate surface area is 89.5 Å². The van der Waals surface area contributed by atoms with Crippen LogP contribution in [0.25, 0.3) is 0 Å². The van der Waals surface area contributed by atoms with Crippen molar-refractivity contribution in [3.8, 4) is 0 Å². The van der Waals surface area contributed by atoms with E-state index in [9.17, 15) is 0 Å². The molecular weight excluding hydrogens is 170 g/mol. The zero-order valence-corrected chi connectivity index (χ0v) is 10.2. The summed E-state index contributed by atoms with van der Waals surface area (Å²) in [4.78, 5) is 0. The maximum Gasteiger partial charge on any atom is -0.00205 e. The van der Waals surface area contributed by atoms with Gasteiger partial charge in [-0.05, 0) is 43.1 Å². The molecular formula is C13H27N. The zero-order chi connectivity index (χ0) is 10.6. The van der Waals surface area contributed by atoms with E-state index in [0.717, 1.165) is 18.4 Å². The lowest BCUT2D eigenvalue weighted by Crippen LogP contribution is -2.34. The first-order valence-electron chi connectivity index (χ1n) is 6.28. The maximum atomic E-state index is 5.97. The molecule has 2 N–H and O–H groups in total. The topological polar surface area (TPSA) is 26.0 Å². The highest BCUT2D eigenvalue weighted by Gasteiger charge is 2.32. The third kappa shape index (κ3) is 3.27. The van der Waals surface area contributed by atoms with Crippen molar-refractivity contribution >= 4 is 0 Å². The Balaban J connectivity index is 2.41. The SMILES string of the molecule is CC(C)CCC1(CN)CCC(C)CC1. The van der Waals surface area contributed by atoms with Crippen molar-refractivity contribution in [3.05, 3.63) is 0 Å². The largest absolute Gasteiger partial charge is 0.330 e. The molecule has 0 atom stereocenters. The second kappa shape index (κ2) is 5.16. The van der Waals surface area contributed by atoms with Crippen molar-refractivity contribution in [1.82, 2.24) is 0 Å². The van der Waals surface area contributed by atoms with Crippen molar-refractivity contribution < 1.29 is 0 Å². The Hall–Kier alpha value is -0.0400. The van der Waals surface area contributed by atoms with Crippen LogP contribution in [0.5, 0.6) is 0 Å². The van der Waals surface area contributed by atoms with E-state index in [4.69, 9.17) is 5.73 Å². The molecule has 14 heavy (non-hydrogen) atoms. The van der Waals surface area contributed by atoms with Gasteiger partial charge in [0.15, 0.2) is 0 Å². The first-order valence-corrected chi connectivity index (χ1v) is 6.28. The van der Waals surface area contributed by atoms with Crippen molar-refractivity contribution in [2.75, 3.05) is 6.54 Å². The summed E-state index contributed by atoms with van der Waals surface area (Å²) in [5, 5.41) is 0. The quantitative estimate of drug-likeness (QED) is 0.732. The molecule has 0 aromatic heterocycles. The Kier molecular flexibility index (Phi) is 4.43. The highest BCUT2D eigenvalue weighted by molar-refractivity contribution is 4.85. The first-order chi connectivity index (χ1) is 6.58. The van der Waals surface area contributed by atoms with Crippen LogP contribution >= 0.6 is 0 Å². The zero-order valence-electron chi connectivity index (χ0n) is 10.2. The molecule has 0 heterocycles. The lowest BCUT2D eigenvalue weighted by atomic mass is 9.68. The van der Waals surface area contributed by atoms with Gasteiger partial charge in [-0.1, -0.05) is 40.0 Å². The third-order valence-electron chi connectivity index (χ3n) is 4.02. The highest BCUT2D eigenvalue weighted by Crippen LogP contribution is 2.42. The molecule has 0 spiro atoms. The smallest absolute Gasteiger partial charge is 0.00205 e. The lowest BCUT2D eigenvalue weighted by molar-refractivity contribution is 0.142. The van der Waals surface area contributed by atoms with Gasteiger partial charge in [-0.2, -0.15) is 0 Å². The number of hydrogen-bond acceptors (Lipinski definition) is 1. The predicted molar refractivity (Wildman–Crippen MR) is 63.2 cm³/mol. The number of nitrogens with two attached hydrogens (primary N) is 1. The molecule has 0 aromatic carbocycles. The standard InChI is InChI=1S/C13H27N/c1-11(2)4-7-13(10-14)8-5-12(3)6-9-13/h11-12H,4-10,14H2,1-3H3. The summed E-state index contributed by atoms with van der Waals surface area (Å²) < 4.78 is 0. The number of rotatable bonds is 4. The molecule has 0 amide bonds. The Morgan fingerprint density at radius 2 is 1.86 bits per heavy atom. The van der Waals surface area contributed by atoms with Crippen LogP contribution in [-0.4, -0.2) is 6.54 Å². The van der Waals surface area contributed by atoms with Gasteiger partial charge >= 0.3 is 0 Å². The van der Waals surface area contributed by atoms with Crippen LogP contribution in [0.3, 0.4) is 0 Å². The normalized spacial score (nSPS) is 33.6. The van der Waals surface area contributed by atoms with E-state index >= 15 is 0 Å². The molecule has 1 heteroatoms. The fourth-order valence-corrected chi connectivity index (χ4v) is 2.53. The minimum atomic E-state index is 0.511. The molecule has 0 aliphatic heterocycles. The van der Waals surface area contributed by atoms with Crippen LogP contribution in [0.1, 0.15) is 59.3 Å². The second-order valence-corrected chi connectivity index (χ2v) is 5.82. The minimum absolute atomic E-state index is 0.511. The minimum Gasteiger partial charge on any atom is -0.330 e. The highest BCUT2D eigenvalue weighted by atomic mass is 14.6. The first kappa shape index (κ1) is 12.0. The Morgan fingerprint density at radius 3 is 2.29 bits per heavy atom. The second-order valence-electron chi connectivity index (χ2n) is 5.82. The summed E-state index contributed by atoms with van der Waals surface area (Å²) >= 11 is 0. The van der Waals surface area contributed by atoms with Gasteiger partial charge in [0.25, 0.3) is 0 Å². The van der Waals surface area contributed by atoms with E-state index < -0.39 is 0 Å². The fraction of sp³-hybridized carbons (Fsp3) is 1.00. The summed E-state index contributed by atoms with van der Waals surface area (Å²) in [6.07, 6.45) is 8.25. The van der Waals surface area contributed by atoms with E-state index in [1.54, 1.807) is 0 Å². The molecule has 1 aliphatic rings. The van der Waals surface area contributed by atoms with Gasteiger partial charge in [0.2, 0.25) is 0 Å². The molecule has 1 aliphatic carbocycles. The number of hydrogen-bond donors (Lipinski definition) is 1. The van der Waals surface area contributed by atoms with Crippen LogP contribution in [0.15, 0.2) is 0 Å². The maximum absolute atomic E-state index is 5.97. The summed E-state index contributed by atoms with van der Waals surface area (Å²) in [6.45, 7) is 7.92. The van der Waals surface area contributed by atoms with E-state index in [-0.39, 0.29) is 0 Å². The van der Waals surface area contributed by atoms with Crippen LogP contribution in [0.2, 0.25) is 0 Å². The van der Waals surface area contributed by atoms with Crippen LogP contribution < -0.4 is 5.73 Å². The molecule has 0 radical (unpaired) electrons. The molecule has 1 fully saturated rings. The lowest BCUT2D eigenvalue weighted by Gasteiger charge is -2.39. The average molecular weight is 197 g/mol. The van der Waals surface area contributed by atoms with Crippen LogP contribution in [-0.2, 0) is 0 Å². The van der Waals surface area contributed by atoms with Crippen molar-refractivity contribution in [3.63, 3.8) is 0 Å². The summed E-state index contributed by atoms with van der Waals surface area (Å²) in [5.41, 5.74) is 6.48. The molecule has 1 nitrogen and oxygen atoms in total. The monoisotopic (exact) mass is 197 g/mol.